The van der Waals surface area contributed by atoms with E-state index in [-0.39, 0.29) is 0 Å². The molecule has 1 atom stereocenters. The van der Waals surface area contributed by atoms with Gasteiger partial charge in [0.2, 0.25) is 0 Å². The Hall–Kier alpha value is -1.63. The summed E-state index contributed by atoms with van der Waals surface area (Å²) in [4.78, 5) is 7.06. The highest BCUT2D eigenvalue weighted by molar-refractivity contribution is 5.79. The number of aliphatic imine (C=N–C) groups is 1. The Morgan fingerprint density at radius 3 is 2.50 bits per heavy atom. The van der Waals surface area contributed by atoms with Gasteiger partial charge in [0.05, 0.1) is 6.54 Å². The molecule has 7 heteroatoms. The predicted molar refractivity (Wildman–Crippen MR) is 105 cm³/mol. The van der Waals surface area contributed by atoms with Gasteiger partial charge in [-0.2, -0.15) is 0 Å². The van der Waals surface area contributed by atoms with E-state index < -0.39 is 0 Å². The first kappa shape index (κ1) is 19.1. The Kier molecular flexibility index (Phi) is 6.88. The number of aromatic nitrogens is 3. The topological polar surface area (TPSA) is 70.4 Å². The molecule has 0 radical (unpaired) electrons. The van der Waals surface area contributed by atoms with Gasteiger partial charge >= 0.3 is 0 Å². The van der Waals surface area contributed by atoms with E-state index in [1.165, 1.54) is 45.2 Å². The Morgan fingerprint density at radius 1 is 1.04 bits per heavy atom. The molecule has 2 N–H and O–H groups in total. The monoisotopic (exact) mass is 361 g/mol. The number of rotatable bonds is 6. The normalized spacial score (nSPS) is 20.1. The summed E-state index contributed by atoms with van der Waals surface area (Å²) in [5, 5.41) is 15.5. The highest BCUT2D eigenvalue weighted by Gasteiger charge is 2.23. The van der Waals surface area contributed by atoms with Gasteiger partial charge in [-0.25, -0.2) is 0 Å². The summed E-state index contributed by atoms with van der Waals surface area (Å²) in [6.07, 6.45) is 7.63. The number of guanidine groups is 1. The Labute approximate surface area is 157 Å². The summed E-state index contributed by atoms with van der Waals surface area (Å²) in [6, 6.07) is 0.545. The minimum atomic E-state index is 0.545. The van der Waals surface area contributed by atoms with Gasteiger partial charge in [0.15, 0.2) is 11.8 Å². The van der Waals surface area contributed by atoms with Gasteiger partial charge in [0.25, 0.3) is 0 Å². The van der Waals surface area contributed by atoms with Crippen molar-refractivity contribution in [3.8, 4) is 0 Å². The predicted octanol–water partition coefficient (Wildman–Crippen LogP) is 1.79. The Bertz CT molecular complexity index is 585. The molecule has 1 fully saturated rings. The van der Waals surface area contributed by atoms with E-state index in [0.29, 0.717) is 18.5 Å². The van der Waals surface area contributed by atoms with E-state index in [1.54, 1.807) is 0 Å². The van der Waals surface area contributed by atoms with Crippen molar-refractivity contribution in [3.05, 3.63) is 11.6 Å². The summed E-state index contributed by atoms with van der Waals surface area (Å²) in [7, 11) is 1.83. The number of hydrogen-bond donors (Lipinski definition) is 2. The van der Waals surface area contributed by atoms with Crippen LogP contribution in [0.5, 0.6) is 0 Å². The van der Waals surface area contributed by atoms with Crippen LogP contribution >= 0.6 is 0 Å². The first-order valence-corrected chi connectivity index (χ1v) is 10.3. The van der Waals surface area contributed by atoms with Crippen LogP contribution in [0.4, 0.5) is 0 Å². The Morgan fingerprint density at radius 2 is 1.81 bits per heavy atom. The van der Waals surface area contributed by atoms with Crippen LogP contribution in [0, 0.1) is 5.92 Å². The molecule has 3 heterocycles. The van der Waals surface area contributed by atoms with Gasteiger partial charge in [-0.1, -0.05) is 26.7 Å². The van der Waals surface area contributed by atoms with E-state index in [2.05, 4.69) is 49.1 Å². The van der Waals surface area contributed by atoms with Crippen LogP contribution in [0.15, 0.2) is 4.99 Å². The lowest BCUT2D eigenvalue weighted by Crippen LogP contribution is -2.49. The maximum absolute atomic E-state index is 4.39. The lowest BCUT2D eigenvalue weighted by atomic mass is 10.0. The molecule has 2 aliphatic rings. The minimum Gasteiger partial charge on any atom is -0.355 e. The average molecular weight is 362 g/mol. The van der Waals surface area contributed by atoms with Crippen LogP contribution in [0.25, 0.3) is 0 Å². The molecule has 0 aliphatic carbocycles. The Balaban J connectivity index is 1.51. The third-order valence-corrected chi connectivity index (χ3v) is 5.68. The van der Waals surface area contributed by atoms with Gasteiger partial charge in [-0.15, -0.1) is 10.2 Å². The summed E-state index contributed by atoms with van der Waals surface area (Å²) in [5.41, 5.74) is 0. The van der Waals surface area contributed by atoms with Gasteiger partial charge in [0, 0.05) is 32.6 Å². The van der Waals surface area contributed by atoms with E-state index in [1.807, 2.05) is 7.05 Å². The quantitative estimate of drug-likeness (QED) is 0.597. The van der Waals surface area contributed by atoms with Gasteiger partial charge in [-0.05, 0) is 38.3 Å². The molecule has 7 nitrogen and oxygen atoms in total. The van der Waals surface area contributed by atoms with Crippen molar-refractivity contribution in [1.82, 2.24) is 30.3 Å². The van der Waals surface area contributed by atoms with E-state index in [4.69, 9.17) is 0 Å². The number of aryl methyl sites for hydroxylation is 1. The second kappa shape index (κ2) is 9.35. The molecule has 26 heavy (non-hydrogen) atoms. The van der Waals surface area contributed by atoms with Crippen LogP contribution < -0.4 is 10.6 Å². The van der Waals surface area contributed by atoms with Crippen LogP contribution in [-0.2, 0) is 19.5 Å². The number of nitrogens with zero attached hydrogens (tertiary/aromatic N) is 5. The smallest absolute Gasteiger partial charge is 0.191 e. The molecule has 0 bridgehead atoms. The standard InChI is InChI=1S/C19H35N7/c1-15(2)16(25-10-6-4-5-7-11-25)13-21-19(20-3)22-14-18-24-23-17-9-8-12-26(17)18/h15-16H,4-14H2,1-3H3,(H2,20,21,22). The summed E-state index contributed by atoms with van der Waals surface area (Å²) in [6.45, 7) is 9.73. The molecule has 1 aromatic heterocycles. The van der Waals surface area contributed by atoms with Crippen molar-refractivity contribution in [2.45, 2.75) is 71.5 Å². The number of fused-ring (bicyclic) bond motifs is 1. The zero-order valence-corrected chi connectivity index (χ0v) is 16.7. The van der Waals surface area contributed by atoms with E-state index in [0.717, 1.165) is 37.1 Å². The van der Waals surface area contributed by atoms with Gasteiger partial charge in [-0.3, -0.25) is 9.89 Å². The third kappa shape index (κ3) is 4.75. The largest absolute Gasteiger partial charge is 0.355 e. The number of hydrogen-bond acceptors (Lipinski definition) is 4. The van der Waals surface area contributed by atoms with Crippen LogP contribution in [0.1, 0.15) is 57.6 Å². The fraction of sp³-hybridized carbons (Fsp3) is 0.842. The maximum atomic E-state index is 4.39. The molecule has 0 saturated carbocycles. The molecule has 146 valence electrons. The fourth-order valence-electron chi connectivity index (χ4n) is 4.14. The SMILES string of the molecule is CN=C(NCc1nnc2n1CCC2)NCC(C(C)C)N1CCCCCC1. The van der Waals surface area contributed by atoms with Crippen molar-refractivity contribution in [1.29, 1.82) is 0 Å². The van der Waals surface area contributed by atoms with Crippen LogP contribution in [0.2, 0.25) is 0 Å². The molecule has 1 unspecified atom stereocenters. The molecular weight excluding hydrogens is 326 g/mol. The maximum Gasteiger partial charge on any atom is 0.191 e. The zero-order chi connectivity index (χ0) is 18.4. The van der Waals surface area contributed by atoms with Crippen molar-refractivity contribution in [2.75, 3.05) is 26.7 Å². The summed E-state index contributed by atoms with van der Waals surface area (Å²) >= 11 is 0. The first-order chi connectivity index (χ1) is 12.7. The van der Waals surface area contributed by atoms with Gasteiger partial charge in [0.1, 0.15) is 5.82 Å². The number of likely N-dealkylation sites (tertiary alicyclic amines) is 1. The van der Waals surface area contributed by atoms with Crippen molar-refractivity contribution in [3.63, 3.8) is 0 Å². The molecule has 0 aromatic carbocycles. The number of nitrogens with one attached hydrogen (secondary N) is 2. The summed E-state index contributed by atoms with van der Waals surface area (Å²) in [5.74, 6) is 3.60. The second-order valence-electron chi connectivity index (χ2n) is 7.86. The van der Waals surface area contributed by atoms with Crippen LogP contribution in [0.3, 0.4) is 0 Å². The molecule has 2 aliphatic heterocycles. The van der Waals surface area contributed by atoms with E-state index >= 15 is 0 Å². The zero-order valence-electron chi connectivity index (χ0n) is 16.7. The molecular formula is C19H35N7. The fourth-order valence-corrected chi connectivity index (χ4v) is 4.14. The third-order valence-electron chi connectivity index (χ3n) is 5.68. The van der Waals surface area contributed by atoms with Gasteiger partial charge < -0.3 is 15.2 Å². The molecule has 1 aromatic rings. The lowest BCUT2D eigenvalue weighted by molar-refractivity contribution is 0.161. The minimum absolute atomic E-state index is 0.545. The summed E-state index contributed by atoms with van der Waals surface area (Å²) < 4.78 is 2.23. The molecule has 1 saturated heterocycles. The van der Waals surface area contributed by atoms with Crippen molar-refractivity contribution in [2.24, 2.45) is 10.9 Å². The second-order valence-corrected chi connectivity index (χ2v) is 7.86. The van der Waals surface area contributed by atoms with Crippen LogP contribution in [-0.4, -0.2) is 58.3 Å². The van der Waals surface area contributed by atoms with Crippen molar-refractivity contribution < 1.29 is 0 Å². The highest BCUT2D eigenvalue weighted by Crippen LogP contribution is 2.17. The average Bonchev–Trinajstić information content (AvgIpc) is 3.14. The highest BCUT2D eigenvalue weighted by atomic mass is 15.3. The van der Waals surface area contributed by atoms with E-state index in [9.17, 15) is 0 Å². The molecule has 0 spiro atoms. The molecule has 3 rings (SSSR count). The first-order valence-electron chi connectivity index (χ1n) is 10.3. The lowest BCUT2D eigenvalue weighted by Gasteiger charge is -2.34. The molecule has 0 amide bonds. The van der Waals surface area contributed by atoms with Crippen molar-refractivity contribution >= 4 is 5.96 Å².